The molecule has 0 radical (unpaired) electrons. The molecule has 1 aliphatic rings. The number of carbonyl (C=O) groups is 1. The number of nitrogens with one attached hydrogen (secondary N) is 1. The van der Waals surface area contributed by atoms with E-state index < -0.39 is 5.60 Å². The van der Waals surface area contributed by atoms with Crippen LogP contribution in [0.5, 0.6) is 5.75 Å². The molecule has 1 unspecified atom stereocenters. The van der Waals surface area contributed by atoms with Gasteiger partial charge in [-0.2, -0.15) is 0 Å². The fourth-order valence-corrected chi connectivity index (χ4v) is 3.61. The van der Waals surface area contributed by atoms with E-state index >= 15 is 0 Å². The molecule has 28 heavy (non-hydrogen) atoms. The van der Waals surface area contributed by atoms with Crippen LogP contribution >= 0.6 is 0 Å². The number of hydrogen-bond acceptors (Lipinski definition) is 4. The standard InChI is InChI=1S/C23H38N2O3/c1-4-14-23(3,28-18-5-2)22(26)24-20-10-12-21(13-11-20)27-19-17-25-15-8-6-7-9-16-25/h10-13H,4-9,14-19H2,1-3H3,(H,24,26). The van der Waals surface area contributed by atoms with Crippen molar-refractivity contribution >= 4 is 11.6 Å². The van der Waals surface area contributed by atoms with Crippen LogP contribution in [0, 0.1) is 0 Å². The van der Waals surface area contributed by atoms with Gasteiger partial charge in [-0.05, 0) is 70.0 Å². The molecule has 0 saturated carbocycles. The van der Waals surface area contributed by atoms with Crippen molar-refractivity contribution < 1.29 is 14.3 Å². The van der Waals surface area contributed by atoms with Gasteiger partial charge in [0.2, 0.25) is 0 Å². The van der Waals surface area contributed by atoms with Gasteiger partial charge in [-0.1, -0.05) is 33.1 Å². The van der Waals surface area contributed by atoms with Crippen LogP contribution in [0.1, 0.15) is 65.7 Å². The Morgan fingerprint density at radius 3 is 2.32 bits per heavy atom. The van der Waals surface area contributed by atoms with Gasteiger partial charge in [0.25, 0.3) is 5.91 Å². The zero-order valence-electron chi connectivity index (χ0n) is 18.0. The molecule has 0 bridgehead atoms. The van der Waals surface area contributed by atoms with Crippen molar-refractivity contribution in [1.82, 2.24) is 4.90 Å². The highest BCUT2D eigenvalue weighted by Crippen LogP contribution is 2.22. The first-order valence-corrected chi connectivity index (χ1v) is 11.0. The molecule has 0 aliphatic carbocycles. The second-order valence-electron chi connectivity index (χ2n) is 7.91. The zero-order chi connectivity index (χ0) is 20.2. The maximum absolute atomic E-state index is 12.7. The van der Waals surface area contributed by atoms with Crippen LogP contribution < -0.4 is 10.1 Å². The van der Waals surface area contributed by atoms with Crippen LogP contribution in [-0.4, -0.2) is 49.3 Å². The molecule has 5 heteroatoms. The molecule has 0 spiro atoms. The number of rotatable bonds is 11. The number of hydrogen-bond donors (Lipinski definition) is 1. The van der Waals surface area contributed by atoms with Crippen molar-refractivity contribution in [3.8, 4) is 5.75 Å². The maximum atomic E-state index is 12.7. The van der Waals surface area contributed by atoms with E-state index in [9.17, 15) is 4.79 Å². The first-order chi connectivity index (χ1) is 13.6. The molecule has 1 aromatic rings. The summed E-state index contributed by atoms with van der Waals surface area (Å²) in [4.78, 5) is 15.2. The summed E-state index contributed by atoms with van der Waals surface area (Å²) in [5, 5.41) is 2.99. The summed E-state index contributed by atoms with van der Waals surface area (Å²) in [6, 6.07) is 7.63. The molecule has 1 aliphatic heterocycles. The number of likely N-dealkylation sites (tertiary alicyclic amines) is 1. The maximum Gasteiger partial charge on any atom is 0.256 e. The molecule has 1 amide bonds. The molecule has 1 aromatic carbocycles. The molecule has 1 fully saturated rings. The van der Waals surface area contributed by atoms with Gasteiger partial charge in [0, 0.05) is 18.8 Å². The van der Waals surface area contributed by atoms with Gasteiger partial charge in [0.15, 0.2) is 0 Å². The summed E-state index contributed by atoms with van der Waals surface area (Å²) in [5.41, 5.74) is -0.0140. The van der Waals surface area contributed by atoms with Crippen molar-refractivity contribution in [3.05, 3.63) is 24.3 Å². The second-order valence-corrected chi connectivity index (χ2v) is 7.91. The highest BCUT2D eigenvalue weighted by Gasteiger charge is 2.33. The van der Waals surface area contributed by atoms with Gasteiger partial charge >= 0.3 is 0 Å². The largest absolute Gasteiger partial charge is 0.492 e. The van der Waals surface area contributed by atoms with Crippen LogP contribution in [0.25, 0.3) is 0 Å². The normalized spacial score (nSPS) is 17.5. The number of amides is 1. The fraction of sp³-hybridized carbons (Fsp3) is 0.696. The van der Waals surface area contributed by atoms with E-state index in [4.69, 9.17) is 9.47 Å². The minimum absolute atomic E-state index is 0.0855. The summed E-state index contributed by atoms with van der Waals surface area (Å²) in [7, 11) is 0. The van der Waals surface area contributed by atoms with Gasteiger partial charge in [-0.15, -0.1) is 0 Å². The minimum atomic E-state index is -0.785. The van der Waals surface area contributed by atoms with Gasteiger partial charge < -0.3 is 14.8 Å². The first kappa shape index (κ1) is 22.7. The molecule has 2 rings (SSSR count). The van der Waals surface area contributed by atoms with Gasteiger partial charge in [0.05, 0.1) is 0 Å². The molecule has 158 valence electrons. The Morgan fingerprint density at radius 2 is 1.71 bits per heavy atom. The van der Waals surface area contributed by atoms with E-state index in [2.05, 4.69) is 24.1 Å². The quantitative estimate of drug-likeness (QED) is 0.586. The monoisotopic (exact) mass is 390 g/mol. The Bertz CT molecular complexity index is 568. The van der Waals surface area contributed by atoms with Crippen LogP contribution in [0.4, 0.5) is 5.69 Å². The average Bonchev–Trinajstić information content (AvgIpc) is 2.97. The molecular formula is C23H38N2O3. The van der Waals surface area contributed by atoms with E-state index in [-0.39, 0.29) is 5.91 Å². The number of nitrogens with zero attached hydrogens (tertiary/aromatic N) is 1. The lowest BCUT2D eigenvalue weighted by Gasteiger charge is -2.28. The molecular weight excluding hydrogens is 352 g/mol. The van der Waals surface area contributed by atoms with E-state index in [1.54, 1.807) is 0 Å². The Hall–Kier alpha value is -1.59. The number of benzene rings is 1. The molecule has 1 saturated heterocycles. The second kappa shape index (κ2) is 12.1. The summed E-state index contributed by atoms with van der Waals surface area (Å²) in [5.74, 6) is 0.754. The van der Waals surface area contributed by atoms with Crippen LogP contribution in [-0.2, 0) is 9.53 Å². The molecule has 1 N–H and O–H groups in total. The molecule has 0 aromatic heterocycles. The van der Waals surface area contributed by atoms with Gasteiger partial charge in [-0.25, -0.2) is 0 Å². The Morgan fingerprint density at radius 1 is 1.04 bits per heavy atom. The average molecular weight is 391 g/mol. The van der Waals surface area contributed by atoms with E-state index in [1.807, 2.05) is 31.2 Å². The van der Waals surface area contributed by atoms with E-state index in [1.165, 1.54) is 38.8 Å². The van der Waals surface area contributed by atoms with Crippen molar-refractivity contribution in [2.75, 3.05) is 38.2 Å². The highest BCUT2D eigenvalue weighted by molar-refractivity contribution is 5.97. The van der Waals surface area contributed by atoms with Crippen molar-refractivity contribution in [2.24, 2.45) is 0 Å². The Balaban J connectivity index is 1.81. The zero-order valence-corrected chi connectivity index (χ0v) is 18.0. The predicted octanol–water partition coefficient (Wildman–Crippen LogP) is 4.87. The smallest absolute Gasteiger partial charge is 0.256 e. The number of ether oxygens (including phenoxy) is 2. The van der Waals surface area contributed by atoms with E-state index in [0.717, 1.165) is 30.8 Å². The third kappa shape index (κ3) is 7.44. The van der Waals surface area contributed by atoms with Crippen LogP contribution in [0.3, 0.4) is 0 Å². The van der Waals surface area contributed by atoms with Crippen molar-refractivity contribution in [2.45, 2.75) is 71.3 Å². The topological polar surface area (TPSA) is 50.8 Å². The SMILES string of the molecule is CCCOC(C)(CCC)C(=O)Nc1ccc(OCCN2CCCCCC2)cc1. The summed E-state index contributed by atoms with van der Waals surface area (Å²) in [6.45, 7) is 10.6. The lowest BCUT2D eigenvalue weighted by Crippen LogP contribution is -2.43. The highest BCUT2D eigenvalue weighted by atomic mass is 16.5. The molecule has 1 atom stereocenters. The molecule has 5 nitrogen and oxygen atoms in total. The van der Waals surface area contributed by atoms with Crippen LogP contribution in [0.15, 0.2) is 24.3 Å². The van der Waals surface area contributed by atoms with Crippen molar-refractivity contribution in [3.63, 3.8) is 0 Å². The summed E-state index contributed by atoms with van der Waals surface area (Å²) < 4.78 is 11.7. The minimum Gasteiger partial charge on any atom is -0.492 e. The Kier molecular flexibility index (Phi) is 9.79. The number of anilines is 1. The lowest BCUT2D eigenvalue weighted by molar-refractivity contribution is -0.140. The predicted molar refractivity (Wildman–Crippen MR) is 115 cm³/mol. The van der Waals surface area contributed by atoms with Gasteiger partial charge in [-0.3, -0.25) is 9.69 Å². The molecule has 1 heterocycles. The summed E-state index contributed by atoms with van der Waals surface area (Å²) in [6.07, 6.45) is 7.81. The van der Waals surface area contributed by atoms with Crippen molar-refractivity contribution in [1.29, 1.82) is 0 Å². The third-order valence-corrected chi connectivity index (χ3v) is 5.32. The number of carbonyl (C=O) groups excluding carboxylic acids is 1. The first-order valence-electron chi connectivity index (χ1n) is 11.0. The summed E-state index contributed by atoms with van der Waals surface area (Å²) >= 11 is 0. The Labute approximate surface area is 170 Å². The fourth-order valence-electron chi connectivity index (χ4n) is 3.61. The van der Waals surface area contributed by atoms with Crippen LogP contribution in [0.2, 0.25) is 0 Å². The third-order valence-electron chi connectivity index (χ3n) is 5.32. The lowest BCUT2D eigenvalue weighted by atomic mass is 9.99. The van der Waals surface area contributed by atoms with E-state index in [0.29, 0.717) is 19.6 Å². The van der Waals surface area contributed by atoms with Gasteiger partial charge in [0.1, 0.15) is 18.0 Å².